The molecule has 0 saturated carbocycles. The van der Waals surface area contributed by atoms with E-state index in [1.54, 1.807) is 18.2 Å². The van der Waals surface area contributed by atoms with Crippen molar-refractivity contribution < 1.29 is 33.3 Å². The number of hydrogen-bond acceptors (Lipinski definition) is 7. The van der Waals surface area contributed by atoms with E-state index in [2.05, 4.69) is 5.32 Å². The van der Waals surface area contributed by atoms with Crippen molar-refractivity contribution in [2.45, 2.75) is 0 Å². The van der Waals surface area contributed by atoms with Crippen LogP contribution in [0.3, 0.4) is 0 Å². The van der Waals surface area contributed by atoms with E-state index in [9.17, 15) is 9.59 Å². The van der Waals surface area contributed by atoms with Gasteiger partial charge in [-0.25, -0.2) is 4.79 Å². The Morgan fingerprint density at radius 1 is 0.900 bits per heavy atom. The molecule has 0 aliphatic carbocycles. The number of esters is 1. The molecule has 0 aliphatic heterocycles. The number of rotatable bonds is 9. The van der Waals surface area contributed by atoms with Crippen LogP contribution in [0.25, 0.3) is 6.08 Å². The van der Waals surface area contributed by atoms with E-state index in [-0.39, 0.29) is 0 Å². The molecule has 0 atom stereocenters. The van der Waals surface area contributed by atoms with Gasteiger partial charge in [0.2, 0.25) is 0 Å². The Morgan fingerprint density at radius 2 is 1.57 bits per heavy atom. The average Bonchev–Trinajstić information content (AvgIpc) is 2.76. The standard InChI is InChI=1S/C21H22ClNO7/c1-26-16-7-5-13(9-19(16)29-4)6-8-21(25)30-12-20(24)23-15-10-14(22)17(27-2)11-18(15)28-3/h5-11H,12H2,1-4H3,(H,23,24)/b8-6+. The fourth-order valence-corrected chi connectivity index (χ4v) is 2.69. The lowest BCUT2D eigenvalue weighted by Gasteiger charge is -2.13. The minimum absolute atomic E-state index is 0.295. The molecule has 2 aromatic carbocycles. The van der Waals surface area contributed by atoms with Gasteiger partial charge in [-0.15, -0.1) is 0 Å². The number of ether oxygens (including phenoxy) is 5. The molecule has 1 amide bonds. The van der Waals surface area contributed by atoms with Gasteiger partial charge in [-0.2, -0.15) is 0 Å². The van der Waals surface area contributed by atoms with E-state index in [0.29, 0.717) is 39.3 Å². The number of hydrogen-bond donors (Lipinski definition) is 1. The molecule has 2 aromatic rings. The Labute approximate surface area is 179 Å². The van der Waals surface area contributed by atoms with Crippen LogP contribution in [-0.4, -0.2) is 46.9 Å². The Morgan fingerprint density at radius 3 is 2.20 bits per heavy atom. The van der Waals surface area contributed by atoms with Crippen LogP contribution in [0, 0.1) is 0 Å². The quantitative estimate of drug-likeness (QED) is 0.475. The fraction of sp³-hybridized carbons (Fsp3) is 0.238. The van der Waals surface area contributed by atoms with Crippen LogP contribution in [-0.2, 0) is 14.3 Å². The van der Waals surface area contributed by atoms with Crippen molar-refractivity contribution in [3.63, 3.8) is 0 Å². The SMILES string of the molecule is COc1cc(OC)c(NC(=O)COC(=O)/C=C/c2ccc(OC)c(OC)c2)cc1Cl. The molecule has 30 heavy (non-hydrogen) atoms. The Kier molecular flexibility index (Phi) is 8.37. The van der Waals surface area contributed by atoms with Crippen LogP contribution in [0.2, 0.25) is 5.02 Å². The largest absolute Gasteiger partial charge is 0.495 e. The molecule has 0 aromatic heterocycles. The molecule has 9 heteroatoms. The zero-order chi connectivity index (χ0) is 22.1. The van der Waals surface area contributed by atoms with E-state index in [1.165, 1.54) is 52.7 Å². The maximum Gasteiger partial charge on any atom is 0.331 e. The Balaban J connectivity index is 1.94. The Hall–Kier alpha value is -3.39. The van der Waals surface area contributed by atoms with Gasteiger partial charge in [-0.1, -0.05) is 17.7 Å². The number of amides is 1. The van der Waals surface area contributed by atoms with Crippen LogP contribution < -0.4 is 24.3 Å². The van der Waals surface area contributed by atoms with Crippen LogP contribution in [0.5, 0.6) is 23.0 Å². The first kappa shape index (κ1) is 22.9. The fourth-order valence-electron chi connectivity index (χ4n) is 2.45. The van der Waals surface area contributed by atoms with Crippen molar-refractivity contribution in [1.82, 2.24) is 0 Å². The molecule has 0 radical (unpaired) electrons. The van der Waals surface area contributed by atoms with E-state index in [4.69, 9.17) is 35.3 Å². The third-order valence-corrected chi connectivity index (χ3v) is 4.21. The summed E-state index contributed by atoms with van der Waals surface area (Å²) in [6, 6.07) is 8.18. The number of nitrogens with one attached hydrogen (secondary N) is 1. The highest BCUT2D eigenvalue weighted by Crippen LogP contribution is 2.35. The molecule has 0 unspecified atom stereocenters. The molecule has 160 valence electrons. The zero-order valence-corrected chi connectivity index (χ0v) is 17.7. The first-order valence-corrected chi connectivity index (χ1v) is 9.07. The normalized spacial score (nSPS) is 10.4. The summed E-state index contributed by atoms with van der Waals surface area (Å²) >= 11 is 6.07. The molecule has 0 bridgehead atoms. The lowest BCUT2D eigenvalue weighted by molar-refractivity contribution is -0.142. The summed E-state index contributed by atoms with van der Waals surface area (Å²) in [5.74, 6) is 0.618. The summed E-state index contributed by atoms with van der Waals surface area (Å²) in [6.07, 6.45) is 2.74. The summed E-state index contributed by atoms with van der Waals surface area (Å²) in [6.45, 7) is -0.484. The molecule has 0 fully saturated rings. The van der Waals surface area contributed by atoms with Crippen molar-refractivity contribution in [3.8, 4) is 23.0 Å². The van der Waals surface area contributed by atoms with E-state index in [1.807, 2.05) is 0 Å². The van der Waals surface area contributed by atoms with Crippen LogP contribution in [0.4, 0.5) is 5.69 Å². The number of carbonyl (C=O) groups is 2. The lowest BCUT2D eigenvalue weighted by Crippen LogP contribution is -2.20. The molecule has 0 heterocycles. The maximum absolute atomic E-state index is 12.1. The monoisotopic (exact) mass is 435 g/mol. The summed E-state index contributed by atoms with van der Waals surface area (Å²) in [4.78, 5) is 24.0. The highest BCUT2D eigenvalue weighted by atomic mass is 35.5. The van der Waals surface area contributed by atoms with Crippen molar-refractivity contribution in [2.24, 2.45) is 0 Å². The third kappa shape index (κ3) is 6.05. The number of carbonyl (C=O) groups excluding carboxylic acids is 2. The van der Waals surface area contributed by atoms with Crippen LogP contribution >= 0.6 is 11.6 Å². The van der Waals surface area contributed by atoms with Gasteiger partial charge in [0.25, 0.3) is 5.91 Å². The molecular weight excluding hydrogens is 414 g/mol. The molecule has 2 rings (SSSR count). The maximum atomic E-state index is 12.1. The highest BCUT2D eigenvalue weighted by molar-refractivity contribution is 6.32. The van der Waals surface area contributed by atoms with Gasteiger partial charge >= 0.3 is 5.97 Å². The average molecular weight is 436 g/mol. The second kappa shape index (κ2) is 11.0. The van der Waals surface area contributed by atoms with Crippen molar-refractivity contribution >= 4 is 35.2 Å². The van der Waals surface area contributed by atoms with Crippen LogP contribution in [0.1, 0.15) is 5.56 Å². The van der Waals surface area contributed by atoms with E-state index >= 15 is 0 Å². The van der Waals surface area contributed by atoms with E-state index < -0.39 is 18.5 Å². The van der Waals surface area contributed by atoms with Gasteiger partial charge in [0.05, 0.1) is 39.1 Å². The number of methoxy groups -OCH3 is 4. The molecule has 0 saturated heterocycles. The first-order chi connectivity index (χ1) is 14.4. The van der Waals surface area contributed by atoms with Gasteiger partial charge < -0.3 is 29.0 Å². The molecular formula is C21H22ClNO7. The minimum Gasteiger partial charge on any atom is -0.495 e. The zero-order valence-electron chi connectivity index (χ0n) is 17.0. The summed E-state index contributed by atoms with van der Waals surface area (Å²) in [7, 11) is 5.96. The van der Waals surface area contributed by atoms with Gasteiger partial charge in [0.1, 0.15) is 11.5 Å². The lowest BCUT2D eigenvalue weighted by atomic mass is 10.2. The molecule has 0 spiro atoms. The van der Waals surface area contributed by atoms with Crippen molar-refractivity contribution in [1.29, 1.82) is 0 Å². The first-order valence-electron chi connectivity index (χ1n) is 8.70. The predicted molar refractivity (Wildman–Crippen MR) is 113 cm³/mol. The van der Waals surface area contributed by atoms with Crippen LogP contribution in [0.15, 0.2) is 36.4 Å². The number of benzene rings is 2. The second-order valence-corrected chi connectivity index (χ2v) is 6.20. The summed E-state index contributed by atoms with van der Waals surface area (Å²) < 4.78 is 25.6. The summed E-state index contributed by atoms with van der Waals surface area (Å²) in [5.41, 5.74) is 1.02. The van der Waals surface area contributed by atoms with Gasteiger partial charge in [-0.05, 0) is 29.8 Å². The van der Waals surface area contributed by atoms with Gasteiger partial charge in [0, 0.05) is 12.1 Å². The van der Waals surface area contributed by atoms with Gasteiger partial charge in [-0.3, -0.25) is 4.79 Å². The Bertz CT molecular complexity index is 943. The molecule has 8 nitrogen and oxygen atoms in total. The van der Waals surface area contributed by atoms with Crippen molar-refractivity contribution in [3.05, 3.63) is 47.0 Å². The topological polar surface area (TPSA) is 92.3 Å². The second-order valence-electron chi connectivity index (χ2n) is 5.79. The predicted octanol–water partition coefficient (Wildman–Crippen LogP) is 3.57. The smallest absolute Gasteiger partial charge is 0.331 e. The van der Waals surface area contributed by atoms with E-state index in [0.717, 1.165) is 0 Å². The molecule has 0 aliphatic rings. The number of anilines is 1. The summed E-state index contributed by atoms with van der Waals surface area (Å²) in [5, 5.41) is 2.87. The minimum atomic E-state index is -0.681. The third-order valence-electron chi connectivity index (χ3n) is 3.91. The number of halogens is 1. The van der Waals surface area contributed by atoms with Gasteiger partial charge in [0.15, 0.2) is 18.1 Å². The van der Waals surface area contributed by atoms with Crippen molar-refractivity contribution in [2.75, 3.05) is 40.4 Å². The highest BCUT2D eigenvalue weighted by Gasteiger charge is 2.13. The molecule has 1 N–H and O–H groups in total.